The topological polar surface area (TPSA) is 43.3 Å². The lowest BCUT2D eigenvalue weighted by Crippen LogP contribution is -2.04. The van der Waals surface area contributed by atoms with Crippen molar-refractivity contribution in [2.45, 2.75) is 6.54 Å². The Balaban J connectivity index is 2.12. The zero-order valence-electron chi connectivity index (χ0n) is 10.8. The molecule has 1 aromatic heterocycles. The number of aryl methyl sites for hydroxylation is 1. The third-order valence-electron chi connectivity index (χ3n) is 2.76. The predicted octanol–water partition coefficient (Wildman–Crippen LogP) is 3.08. The summed E-state index contributed by atoms with van der Waals surface area (Å²) in [5, 5.41) is 3.78. The van der Waals surface area contributed by atoms with Gasteiger partial charge in [-0.25, -0.2) is 4.79 Å². The molecule has 0 aliphatic rings. The van der Waals surface area contributed by atoms with Crippen LogP contribution in [0.15, 0.2) is 36.7 Å². The van der Waals surface area contributed by atoms with Gasteiger partial charge in [0.1, 0.15) is 0 Å². The van der Waals surface area contributed by atoms with Crippen molar-refractivity contribution in [3.63, 3.8) is 0 Å². The molecule has 1 aromatic carbocycles. The molecule has 5 heteroatoms. The molecule has 0 radical (unpaired) electrons. The number of hydrogen-bond acceptors (Lipinski definition) is 3. The van der Waals surface area contributed by atoms with Crippen molar-refractivity contribution >= 4 is 23.3 Å². The van der Waals surface area contributed by atoms with Crippen LogP contribution in [0, 0.1) is 0 Å². The number of anilines is 1. The average Bonchev–Trinajstić information content (AvgIpc) is 2.82. The van der Waals surface area contributed by atoms with Crippen LogP contribution in [0.25, 0.3) is 0 Å². The number of carbonyl (C=O) groups is 1. The zero-order valence-corrected chi connectivity index (χ0v) is 11.6. The Hall–Kier alpha value is -1.94. The van der Waals surface area contributed by atoms with Gasteiger partial charge in [-0.15, -0.1) is 0 Å². The lowest BCUT2D eigenvalue weighted by Gasteiger charge is -2.09. The number of nitrogens with one attached hydrogen (secondary N) is 1. The molecule has 100 valence electrons. The molecule has 0 aliphatic heterocycles. The van der Waals surface area contributed by atoms with Crippen molar-refractivity contribution in [2.75, 3.05) is 12.4 Å². The Morgan fingerprint density at radius 2 is 2.21 bits per heavy atom. The van der Waals surface area contributed by atoms with Crippen LogP contribution in [-0.4, -0.2) is 17.6 Å². The van der Waals surface area contributed by atoms with Crippen molar-refractivity contribution in [3.8, 4) is 0 Å². The molecule has 19 heavy (non-hydrogen) atoms. The number of hydrogen-bond donors (Lipinski definition) is 1. The number of methoxy groups -OCH3 is 1. The average molecular weight is 279 g/mol. The van der Waals surface area contributed by atoms with Gasteiger partial charge in [-0.05, 0) is 29.8 Å². The van der Waals surface area contributed by atoms with Crippen LogP contribution >= 0.6 is 11.6 Å². The molecular weight excluding hydrogens is 264 g/mol. The standard InChI is InChI=1S/C14H15ClN2O2/c1-17-6-5-10(9-17)8-16-13-7-11(14(18)19-2)3-4-12(13)15/h3-7,9,16H,8H2,1-2H3. The van der Waals surface area contributed by atoms with Gasteiger partial charge in [-0.3, -0.25) is 0 Å². The van der Waals surface area contributed by atoms with Gasteiger partial charge in [0.25, 0.3) is 0 Å². The summed E-state index contributed by atoms with van der Waals surface area (Å²) >= 11 is 6.10. The maximum atomic E-state index is 11.5. The van der Waals surface area contributed by atoms with Gasteiger partial charge in [0.15, 0.2) is 0 Å². The Morgan fingerprint density at radius 1 is 1.42 bits per heavy atom. The number of esters is 1. The maximum Gasteiger partial charge on any atom is 0.337 e. The van der Waals surface area contributed by atoms with Crippen molar-refractivity contribution in [2.24, 2.45) is 7.05 Å². The first-order chi connectivity index (χ1) is 9.10. The molecule has 0 atom stereocenters. The van der Waals surface area contributed by atoms with E-state index in [2.05, 4.69) is 10.1 Å². The summed E-state index contributed by atoms with van der Waals surface area (Å²) in [5.74, 6) is -0.376. The van der Waals surface area contributed by atoms with Crippen LogP contribution in [0.3, 0.4) is 0 Å². The number of ether oxygens (including phenoxy) is 1. The lowest BCUT2D eigenvalue weighted by atomic mass is 10.2. The van der Waals surface area contributed by atoms with Gasteiger partial charge in [0.05, 0.1) is 23.4 Å². The molecule has 2 aromatic rings. The van der Waals surface area contributed by atoms with E-state index in [1.165, 1.54) is 7.11 Å². The highest BCUT2D eigenvalue weighted by atomic mass is 35.5. The first-order valence-electron chi connectivity index (χ1n) is 5.82. The molecule has 4 nitrogen and oxygen atoms in total. The third-order valence-corrected chi connectivity index (χ3v) is 3.09. The van der Waals surface area contributed by atoms with Gasteiger partial charge in [-0.2, -0.15) is 0 Å². The number of nitrogens with zero attached hydrogens (tertiary/aromatic N) is 1. The summed E-state index contributed by atoms with van der Waals surface area (Å²) in [6, 6.07) is 7.03. The van der Waals surface area contributed by atoms with Crippen molar-refractivity contribution in [1.82, 2.24) is 4.57 Å². The van der Waals surface area contributed by atoms with Crippen molar-refractivity contribution in [3.05, 3.63) is 52.8 Å². The number of rotatable bonds is 4. The maximum absolute atomic E-state index is 11.5. The normalized spacial score (nSPS) is 10.3. The van der Waals surface area contributed by atoms with E-state index in [1.54, 1.807) is 18.2 Å². The second-order valence-electron chi connectivity index (χ2n) is 4.22. The molecule has 0 saturated carbocycles. The third kappa shape index (κ3) is 3.29. The van der Waals surface area contributed by atoms with E-state index in [4.69, 9.17) is 11.6 Å². The molecule has 0 amide bonds. The highest BCUT2D eigenvalue weighted by Crippen LogP contribution is 2.24. The van der Waals surface area contributed by atoms with Crippen molar-refractivity contribution in [1.29, 1.82) is 0 Å². The van der Waals surface area contributed by atoms with Gasteiger partial charge in [0, 0.05) is 26.0 Å². The number of halogens is 1. The number of carbonyl (C=O) groups excluding carboxylic acids is 1. The summed E-state index contributed by atoms with van der Waals surface area (Å²) < 4.78 is 6.66. The van der Waals surface area contributed by atoms with Crippen LogP contribution in [-0.2, 0) is 18.3 Å². The summed E-state index contributed by atoms with van der Waals surface area (Å²) in [7, 11) is 3.32. The Morgan fingerprint density at radius 3 is 2.84 bits per heavy atom. The Labute approximate surface area is 116 Å². The van der Waals surface area contributed by atoms with Crippen LogP contribution in [0.5, 0.6) is 0 Å². The molecule has 1 heterocycles. The smallest absolute Gasteiger partial charge is 0.337 e. The fourth-order valence-corrected chi connectivity index (χ4v) is 1.95. The van der Waals surface area contributed by atoms with E-state index in [9.17, 15) is 4.79 Å². The van der Waals surface area contributed by atoms with Crippen LogP contribution < -0.4 is 5.32 Å². The molecule has 2 rings (SSSR count). The predicted molar refractivity (Wildman–Crippen MR) is 75.5 cm³/mol. The Bertz CT molecular complexity index is 593. The van der Waals surface area contributed by atoms with Crippen molar-refractivity contribution < 1.29 is 9.53 Å². The number of aromatic nitrogens is 1. The van der Waals surface area contributed by atoms with E-state index >= 15 is 0 Å². The van der Waals surface area contributed by atoms with E-state index < -0.39 is 0 Å². The summed E-state index contributed by atoms with van der Waals surface area (Å²) in [6.07, 6.45) is 3.99. The molecule has 0 bridgehead atoms. The fraction of sp³-hybridized carbons (Fsp3) is 0.214. The van der Waals surface area contributed by atoms with Gasteiger partial charge in [0.2, 0.25) is 0 Å². The summed E-state index contributed by atoms with van der Waals surface area (Å²) in [4.78, 5) is 11.5. The van der Waals surface area contributed by atoms with E-state index in [0.717, 1.165) is 5.56 Å². The fourth-order valence-electron chi connectivity index (χ4n) is 1.77. The largest absolute Gasteiger partial charge is 0.465 e. The molecule has 0 fully saturated rings. The number of benzene rings is 1. The van der Waals surface area contributed by atoms with Gasteiger partial charge in [-0.1, -0.05) is 11.6 Å². The van der Waals surface area contributed by atoms with Gasteiger partial charge >= 0.3 is 5.97 Å². The summed E-state index contributed by atoms with van der Waals surface area (Å²) in [5.41, 5.74) is 2.33. The second-order valence-corrected chi connectivity index (χ2v) is 4.63. The summed E-state index contributed by atoms with van der Waals surface area (Å²) in [6.45, 7) is 0.644. The minimum absolute atomic E-state index is 0.376. The first-order valence-corrected chi connectivity index (χ1v) is 6.20. The lowest BCUT2D eigenvalue weighted by molar-refractivity contribution is 0.0601. The molecule has 1 N–H and O–H groups in total. The first kappa shape index (κ1) is 13.5. The Kier molecular flexibility index (Phi) is 4.12. The minimum Gasteiger partial charge on any atom is -0.465 e. The van der Waals surface area contributed by atoms with Gasteiger partial charge < -0.3 is 14.6 Å². The quantitative estimate of drug-likeness (QED) is 0.874. The van der Waals surface area contributed by atoms with Crippen LogP contribution in [0.1, 0.15) is 15.9 Å². The minimum atomic E-state index is -0.376. The zero-order chi connectivity index (χ0) is 13.8. The SMILES string of the molecule is COC(=O)c1ccc(Cl)c(NCc2ccn(C)c2)c1. The van der Waals surface area contributed by atoms with E-state index in [0.29, 0.717) is 22.8 Å². The molecule has 0 unspecified atom stereocenters. The van der Waals surface area contributed by atoms with Crippen LogP contribution in [0.2, 0.25) is 5.02 Å². The molecular formula is C14H15ClN2O2. The monoisotopic (exact) mass is 278 g/mol. The molecule has 0 spiro atoms. The van der Waals surface area contributed by atoms with Crippen LogP contribution in [0.4, 0.5) is 5.69 Å². The van der Waals surface area contributed by atoms with E-state index in [1.807, 2.05) is 30.1 Å². The molecule has 0 aliphatic carbocycles. The highest BCUT2D eigenvalue weighted by molar-refractivity contribution is 6.33. The molecule has 0 saturated heterocycles. The highest BCUT2D eigenvalue weighted by Gasteiger charge is 2.08. The second kappa shape index (κ2) is 5.80. The van der Waals surface area contributed by atoms with E-state index in [-0.39, 0.29) is 5.97 Å².